The van der Waals surface area contributed by atoms with Crippen molar-refractivity contribution in [3.63, 3.8) is 0 Å². The first-order valence-electron chi connectivity index (χ1n) is 8.57. The van der Waals surface area contributed by atoms with E-state index in [0.717, 1.165) is 18.8 Å². The van der Waals surface area contributed by atoms with Gasteiger partial charge in [-0.2, -0.15) is 0 Å². The molecular weight excluding hydrogens is 244 g/mol. The Hall–Kier alpha value is -0.720. The number of rotatable bonds is 10. The lowest BCUT2D eigenvalue weighted by molar-refractivity contribution is 0.214. The van der Waals surface area contributed by atoms with Crippen molar-refractivity contribution in [1.29, 1.82) is 0 Å². The summed E-state index contributed by atoms with van der Waals surface area (Å²) in [5.41, 5.74) is 0.513. The van der Waals surface area contributed by atoms with E-state index < -0.39 is 0 Å². The third-order valence-electron chi connectivity index (χ3n) is 3.80. The molecule has 0 fully saturated rings. The Labute approximate surface area is 126 Å². The molecule has 1 nitrogen and oxygen atoms in total. The topological polar surface area (TPSA) is 9.23 Å². The number of ether oxygens (including phenoxy) is 1. The Bertz CT molecular complexity index is 293. The van der Waals surface area contributed by atoms with Gasteiger partial charge in [-0.3, -0.25) is 0 Å². The zero-order valence-electron chi connectivity index (χ0n) is 13.9. The Balaban J connectivity index is 1.81. The molecule has 0 unspecified atom stereocenters. The lowest BCUT2D eigenvalue weighted by Crippen LogP contribution is -2.03. The van der Waals surface area contributed by atoms with Crippen molar-refractivity contribution in [3.05, 3.63) is 24.0 Å². The van der Waals surface area contributed by atoms with Gasteiger partial charge >= 0.3 is 0 Å². The summed E-state index contributed by atoms with van der Waals surface area (Å²) >= 11 is 0. The molecule has 116 valence electrons. The molecule has 1 heteroatoms. The minimum atomic E-state index is 0.513. The summed E-state index contributed by atoms with van der Waals surface area (Å²) in [6, 6.07) is 0. The first kappa shape index (κ1) is 17.3. The van der Waals surface area contributed by atoms with E-state index in [1.807, 2.05) is 0 Å². The van der Waals surface area contributed by atoms with E-state index in [9.17, 15) is 0 Å². The number of allylic oxidation sites excluding steroid dienone is 3. The van der Waals surface area contributed by atoms with Crippen LogP contribution in [0.15, 0.2) is 24.0 Å². The van der Waals surface area contributed by atoms with E-state index in [0.29, 0.717) is 5.41 Å². The zero-order chi connectivity index (χ0) is 14.7. The summed E-state index contributed by atoms with van der Waals surface area (Å²) < 4.78 is 5.74. The van der Waals surface area contributed by atoms with Gasteiger partial charge in [0.15, 0.2) is 0 Å². The molecule has 0 aromatic rings. The highest BCUT2D eigenvalue weighted by molar-refractivity contribution is 5.15. The fourth-order valence-corrected chi connectivity index (χ4v) is 2.53. The van der Waals surface area contributed by atoms with Gasteiger partial charge in [-0.1, -0.05) is 65.4 Å². The molecule has 1 aliphatic carbocycles. The molecule has 0 heterocycles. The average Bonchev–Trinajstić information content (AvgIpc) is 2.41. The Morgan fingerprint density at radius 2 is 1.55 bits per heavy atom. The van der Waals surface area contributed by atoms with Crippen LogP contribution in [0.4, 0.5) is 0 Å². The van der Waals surface area contributed by atoms with E-state index in [4.69, 9.17) is 4.74 Å². The molecule has 0 aliphatic heterocycles. The van der Waals surface area contributed by atoms with Crippen LogP contribution < -0.4 is 0 Å². The molecule has 0 atom stereocenters. The molecule has 20 heavy (non-hydrogen) atoms. The van der Waals surface area contributed by atoms with Crippen LogP contribution in [-0.4, -0.2) is 6.61 Å². The summed E-state index contributed by atoms with van der Waals surface area (Å²) in [7, 11) is 0. The fourth-order valence-electron chi connectivity index (χ4n) is 2.53. The SMILES string of the molecule is CC(C)(C)CCCCCCCCCOC1=CCCC=C1. The molecule has 1 aliphatic rings. The Morgan fingerprint density at radius 1 is 0.900 bits per heavy atom. The first-order chi connectivity index (χ1) is 9.58. The molecule has 0 aromatic heterocycles. The maximum absolute atomic E-state index is 5.74. The van der Waals surface area contributed by atoms with Crippen LogP contribution in [0.2, 0.25) is 0 Å². The van der Waals surface area contributed by atoms with E-state index >= 15 is 0 Å². The van der Waals surface area contributed by atoms with Gasteiger partial charge in [-0.05, 0) is 43.3 Å². The third-order valence-corrected chi connectivity index (χ3v) is 3.80. The second-order valence-electron chi connectivity index (χ2n) is 7.22. The highest BCUT2D eigenvalue weighted by Gasteiger charge is 2.08. The smallest absolute Gasteiger partial charge is 0.114 e. The van der Waals surface area contributed by atoms with Crippen molar-refractivity contribution in [2.75, 3.05) is 6.61 Å². The maximum Gasteiger partial charge on any atom is 0.114 e. The third kappa shape index (κ3) is 10.1. The molecule has 0 saturated carbocycles. The molecule has 0 radical (unpaired) electrons. The predicted molar refractivity (Wildman–Crippen MR) is 88.8 cm³/mol. The van der Waals surface area contributed by atoms with Crippen molar-refractivity contribution in [1.82, 2.24) is 0 Å². The second-order valence-corrected chi connectivity index (χ2v) is 7.22. The molecule has 0 saturated heterocycles. The van der Waals surface area contributed by atoms with Gasteiger partial charge in [-0.25, -0.2) is 0 Å². The predicted octanol–water partition coefficient (Wildman–Crippen LogP) is 6.40. The van der Waals surface area contributed by atoms with E-state index in [1.54, 1.807) is 0 Å². The van der Waals surface area contributed by atoms with Crippen LogP contribution in [-0.2, 0) is 4.74 Å². The average molecular weight is 278 g/mol. The van der Waals surface area contributed by atoms with Gasteiger partial charge in [0.05, 0.1) is 6.61 Å². The van der Waals surface area contributed by atoms with Crippen molar-refractivity contribution in [2.24, 2.45) is 5.41 Å². The van der Waals surface area contributed by atoms with E-state index in [2.05, 4.69) is 39.0 Å². The fraction of sp³-hybridized carbons (Fsp3) is 0.789. The Kier molecular flexibility index (Phi) is 8.73. The van der Waals surface area contributed by atoms with Crippen molar-refractivity contribution in [3.8, 4) is 0 Å². The molecule has 0 amide bonds. The molecule has 0 spiro atoms. The molecule has 0 bridgehead atoms. The summed E-state index contributed by atoms with van der Waals surface area (Å²) in [6.45, 7) is 7.90. The van der Waals surface area contributed by atoms with Gasteiger partial charge in [0.1, 0.15) is 5.76 Å². The van der Waals surface area contributed by atoms with Crippen LogP contribution in [0.1, 0.15) is 85.0 Å². The zero-order valence-corrected chi connectivity index (χ0v) is 13.9. The van der Waals surface area contributed by atoms with Crippen LogP contribution in [0.3, 0.4) is 0 Å². The quantitative estimate of drug-likeness (QED) is 0.420. The normalized spacial score (nSPS) is 15.2. The summed E-state index contributed by atoms with van der Waals surface area (Å²) in [5.74, 6) is 1.08. The molecule has 1 rings (SSSR count). The largest absolute Gasteiger partial charge is 0.494 e. The molecule has 0 N–H and O–H groups in total. The van der Waals surface area contributed by atoms with Gasteiger partial charge in [-0.15, -0.1) is 0 Å². The van der Waals surface area contributed by atoms with Crippen LogP contribution >= 0.6 is 0 Å². The lowest BCUT2D eigenvalue weighted by atomic mass is 9.89. The minimum absolute atomic E-state index is 0.513. The van der Waals surface area contributed by atoms with Crippen LogP contribution in [0, 0.1) is 5.41 Å². The number of hydrogen-bond acceptors (Lipinski definition) is 1. The summed E-state index contributed by atoms with van der Waals surface area (Å²) in [4.78, 5) is 0. The Morgan fingerprint density at radius 3 is 2.15 bits per heavy atom. The van der Waals surface area contributed by atoms with Gasteiger partial charge < -0.3 is 4.74 Å². The van der Waals surface area contributed by atoms with Crippen molar-refractivity contribution < 1.29 is 4.74 Å². The highest BCUT2D eigenvalue weighted by Crippen LogP contribution is 2.22. The van der Waals surface area contributed by atoms with Gasteiger partial charge in [0.25, 0.3) is 0 Å². The van der Waals surface area contributed by atoms with E-state index in [1.165, 1.54) is 57.8 Å². The monoisotopic (exact) mass is 278 g/mol. The first-order valence-corrected chi connectivity index (χ1v) is 8.57. The number of unbranched alkanes of at least 4 members (excludes halogenated alkanes) is 6. The lowest BCUT2D eigenvalue weighted by Gasteiger charge is -2.17. The molecular formula is C19H34O. The second kappa shape index (κ2) is 10.1. The van der Waals surface area contributed by atoms with Gasteiger partial charge in [0, 0.05) is 0 Å². The van der Waals surface area contributed by atoms with Crippen molar-refractivity contribution >= 4 is 0 Å². The van der Waals surface area contributed by atoms with Crippen LogP contribution in [0.25, 0.3) is 0 Å². The number of hydrogen-bond donors (Lipinski definition) is 0. The van der Waals surface area contributed by atoms with Crippen molar-refractivity contribution in [2.45, 2.75) is 85.0 Å². The van der Waals surface area contributed by atoms with Gasteiger partial charge in [0.2, 0.25) is 0 Å². The van der Waals surface area contributed by atoms with E-state index in [-0.39, 0.29) is 0 Å². The summed E-state index contributed by atoms with van der Waals surface area (Å²) in [5, 5.41) is 0. The molecule has 0 aromatic carbocycles. The standard InChI is InChI=1S/C19H34O/c1-19(2,3)16-12-7-5-4-6-8-13-17-20-18-14-10-9-11-15-18/h10,14-15H,4-9,11-13,16-17H2,1-3H3. The van der Waals surface area contributed by atoms with Crippen LogP contribution in [0.5, 0.6) is 0 Å². The summed E-state index contributed by atoms with van der Waals surface area (Å²) in [6.07, 6.45) is 19.7. The highest BCUT2D eigenvalue weighted by atomic mass is 16.5. The minimum Gasteiger partial charge on any atom is -0.494 e. The maximum atomic E-state index is 5.74.